The van der Waals surface area contributed by atoms with E-state index in [9.17, 15) is 9.59 Å². The molecule has 0 heterocycles. The van der Waals surface area contributed by atoms with E-state index in [1.807, 2.05) is 38.1 Å². The van der Waals surface area contributed by atoms with Gasteiger partial charge in [-0.05, 0) is 24.3 Å². The van der Waals surface area contributed by atoms with Gasteiger partial charge in [0.05, 0.1) is 0 Å². The van der Waals surface area contributed by atoms with Gasteiger partial charge < -0.3 is 11.5 Å². The summed E-state index contributed by atoms with van der Waals surface area (Å²) in [5.41, 5.74) is 13.6. The molecule has 2 aromatic carbocycles. The summed E-state index contributed by atoms with van der Waals surface area (Å²) in [6.45, 7) is 3.66. The van der Waals surface area contributed by atoms with Crippen LogP contribution < -0.4 is 11.5 Å². The van der Waals surface area contributed by atoms with Crippen LogP contribution in [0.15, 0.2) is 48.5 Å². The molecule has 4 nitrogen and oxygen atoms in total. The Balaban J connectivity index is 0.000000220. The molecule has 116 valence electrons. The van der Waals surface area contributed by atoms with Crippen molar-refractivity contribution in [2.75, 3.05) is 11.5 Å². The summed E-state index contributed by atoms with van der Waals surface area (Å²) in [6.07, 6.45) is 1.02. The van der Waals surface area contributed by atoms with Gasteiger partial charge in [0.25, 0.3) is 0 Å². The Labute approximate surface area is 131 Å². The standard InChI is InChI=1S/2C9H11NO/c2*1-2-9(11)7-5-3-4-6-8(7)10/h2*3-6H,2,10H2,1H3. The van der Waals surface area contributed by atoms with E-state index < -0.39 is 0 Å². The van der Waals surface area contributed by atoms with Crippen LogP contribution in [0, 0.1) is 0 Å². The number of rotatable bonds is 4. The minimum absolute atomic E-state index is 0.100. The first-order chi connectivity index (χ1) is 10.5. The molecule has 4 N–H and O–H groups in total. The van der Waals surface area contributed by atoms with Gasteiger partial charge in [0, 0.05) is 35.3 Å². The number of carbonyl (C=O) groups is 2. The fourth-order valence-electron chi connectivity index (χ4n) is 1.88. The lowest BCUT2D eigenvalue weighted by atomic mass is 10.1. The number of nitrogen functional groups attached to an aromatic ring is 2. The molecule has 0 unspecified atom stereocenters. The summed E-state index contributed by atoms with van der Waals surface area (Å²) >= 11 is 0. The quantitative estimate of drug-likeness (QED) is 0.665. The highest BCUT2D eigenvalue weighted by Gasteiger charge is 2.05. The lowest BCUT2D eigenvalue weighted by Crippen LogP contribution is -2.01. The zero-order chi connectivity index (χ0) is 16.5. The fourth-order valence-corrected chi connectivity index (χ4v) is 1.88. The molecule has 22 heavy (non-hydrogen) atoms. The van der Waals surface area contributed by atoms with E-state index in [1.54, 1.807) is 24.3 Å². The maximum atomic E-state index is 11.2. The number of benzene rings is 2. The fraction of sp³-hybridized carbons (Fsp3) is 0.222. The van der Waals surface area contributed by atoms with E-state index in [-0.39, 0.29) is 11.6 Å². The van der Waals surface area contributed by atoms with Crippen LogP contribution in [0.5, 0.6) is 0 Å². The van der Waals surface area contributed by atoms with Crippen LogP contribution in [-0.4, -0.2) is 11.6 Å². The Hall–Kier alpha value is -2.62. The van der Waals surface area contributed by atoms with Crippen LogP contribution in [0.3, 0.4) is 0 Å². The highest BCUT2D eigenvalue weighted by molar-refractivity contribution is 6.00. The second kappa shape index (κ2) is 8.62. The summed E-state index contributed by atoms with van der Waals surface area (Å²) in [4.78, 5) is 22.3. The van der Waals surface area contributed by atoms with Gasteiger partial charge in [0.2, 0.25) is 0 Å². The SMILES string of the molecule is CCC(=O)c1ccccc1N.CCC(=O)c1ccccc1N. The summed E-state index contributed by atoms with van der Waals surface area (Å²) in [5.74, 6) is 0.200. The number of hydrogen-bond acceptors (Lipinski definition) is 4. The van der Waals surface area contributed by atoms with Crippen molar-refractivity contribution in [3.63, 3.8) is 0 Å². The van der Waals surface area contributed by atoms with Gasteiger partial charge in [-0.3, -0.25) is 9.59 Å². The molecule has 0 aromatic heterocycles. The van der Waals surface area contributed by atoms with Crippen LogP contribution in [0.2, 0.25) is 0 Å². The molecule has 4 heteroatoms. The number of carbonyl (C=O) groups excluding carboxylic acids is 2. The van der Waals surface area contributed by atoms with Gasteiger partial charge in [-0.25, -0.2) is 0 Å². The van der Waals surface area contributed by atoms with Crippen molar-refractivity contribution < 1.29 is 9.59 Å². The summed E-state index contributed by atoms with van der Waals surface area (Å²) < 4.78 is 0. The number of Topliss-reactive ketones (excluding diaryl/α,β-unsaturated/α-hetero) is 2. The maximum absolute atomic E-state index is 11.2. The summed E-state index contributed by atoms with van der Waals surface area (Å²) in [5, 5.41) is 0. The van der Waals surface area contributed by atoms with Crippen LogP contribution in [0.25, 0.3) is 0 Å². The average molecular weight is 298 g/mol. The molecule has 0 aliphatic rings. The second-order valence-electron chi connectivity index (χ2n) is 4.73. The molecule has 0 spiro atoms. The van der Waals surface area contributed by atoms with Crippen molar-refractivity contribution in [3.8, 4) is 0 Å². The molecular weight excluding hydrogens is 276 g/mol. The molecule has 0 aliphatic carbocycles. The Morgan fingerprint density at radius 3 is 1.32 bits per heavy atom. The molecule has 0 fully saturated rings. The van der Waals surface area contributed by atoms with Crippen molar-refractivity contribution in [2.24, 2.45) is 0 Å². The number of anilines is 2. The second-order valence-corrected chi connectivity index (χ2v) is 4.73. The first-order valence-corrected chi connectivity index (χ1v) is 7.26. The Morgan fingerprint density at radius 1 is 0.727 bits per heavy atom. The third-order valence-corrected chi connectivity index (χ3v) is 3.16. The van der Waals surface area contributed by atoms with E-state index >= 15 is 0 Å². The third-order valence-electron chi connectivity index (χ3n) is 3.16. The number of hydrogen-bond donors (Lipinski definition) is 2. The van der Waals surface area contributed by atoms with E-state index in [0.29, 0.717) is 35.3 Å². The van der Waals surface area contributed by atoms with Crippen LogP contribution in [0.4, 0.5) is 11.4 Å². The predicted molar refractivity (Wildman–Crippen MR) is 91.0 cm³/mol. The normalized spacial score (nSPS) is 9.55. The van der Waals surface area contributed by atoms with Gasteiger partial charge in [-0.15, -0.1) is 0 Å². The Morgan fingerprint density at radius 2 is 1.05 bits per heavy atom. The minimum atomic E-state index is 0.100. The Bertz CT molecular complexity index is 594. The highest BCUT2D eigenvalue weighted by Crippen LogP contribution is 2.12. The van der Waals surface area contributed by atoms with Crippen LogP contribution >= 0.6 is 0 Å². The molecule has 2 rings (SSSR count). The van der Waals surface area contributed by atoms with Gasteiger partial charge in [-0.2, -0.15) is 0 Å². The highest BCUT2D eigenvalue weighted by atomic mass is 16.1. The van der Waals surface area contributed by atoms with E-state index in [1.165, 1.54) is 0 Å². The first-order valence-electron chi connectivity index (χ1n) is 7.26. The topological polar surface area (TPSA) is 86.2 Å². The maximum Gasteiger partial charge on any atom is 0.164 e. The van der Waals surface area contributed by atoms with E-state index in [2.05, 4.69) is 0 Å². The average Bonchev–Trinajstić information content (AvgIpc) is 2.55. The van der Waals surface area contributed by atoms with Gasteiger partial charge in [0.1, 0.15) is 0 Å². The molecule has 2 aromatic rings. The zero-order valence-electron chi connectivity index (χ0n) is 13.0. The van der Waals surface area contributed by atoms with Crippen LogP contribution in [-0.2, 0) is 0 Å². The molecule has 0 atom stereocenters. The van der Waals surface area contributed by atoms with Crippen molar-refractivity contribution in [2.45, 2.75) is 26.7 Å². The smallest absolute Gasteiger partial charge is 0.164 e. The van der Waals surface area contributed by atoms with Gasteiger partial charge in [0.15, 0.2) is 11.6 Å². The molecular formula is C18H22N2O2. The first kappa shape index (κ1) is 17.4. The van der Waals surface area contributed by atoms with Crippen molar-refractivity contribution in [3.05, 3.63) is 59.7 Å². The molecule has 0 amide bonds. The molecule has 0 saturated heterocycles. The number of nitrogens with two attached hydrogens (primary N) is 2. The lowest BCUT2D eigenvalue weighted by molar-refractivity contribution is 0.0981. The molecule has 0 aliphatic heterocycles. The van der Waals surface area contributed by atoms with Crippen molar-refractivity contribution in [1.82, 2.24) is 0 Å². The van der Waals surface area contributed by atoms with Gasteiger partial charge >= 0.3 is 0 Å². The minimum Gasteiger partial charge on any atom is -0.398 e. The third kappa shape index (κ3) is 4.74. The van der Waals surface area contributed by atoms with Gasteiger partial charge in [-0.1, -0.05) is 38.1 Å². The van der Waals surface area contributed by atoms with Crippen LogP contribution in [0.1, 0.15) is 47.4 Å². The van der Waals surface area contributed by atoms with Crippen molar-refractivity contribution >= 4 is 22.9 Å². The van der Waals surface area contributed by atoms with Crippen molar-refractivity contribution in [1.29, 1.82) is 0 Å². The molecule has 0 saturated carbocycles. The molecule has 0 radical (unpaired) electrons. The zero-order valence-corrected chi connectivity index (χ0v) is 13.0. The predicted octanol–water partition coefficient (Wildman–Crippen LogP) is 3.72. The van der Waals surface area contributed by atoms with E-state index in [4.69, 9.17) is 11.5 Å². The summed E-state index contributed by atoms with van der Waals surface area (Å²) in [7, 11) is 0. The summed E-state index contributed by atoms with van der Waals surface area (Å²) in [6, 6.07) is 14.3. The monoisotopic (exact) mass is 298 g/mol. The largest absolute Gasteiger partial charge is 0.398 e. The number of para-hydroxylation sites is 2. The number of ketones is 2. The molecule has 0 bridgehead atoms. The lowest BCUT2D eigenvalue weighted by Gasteiger charge is -2.00. The van der Waals surface area contributed by atoms with E-state index in [0.717, 1.165) is 0 Å². The Kier molecular flexibility index (Phi) is 6.83.